The molecule has 0 bridgehead atoms. The van der Waals surface area contributed by atoms with Crippen LogP contribution in [0.3, 0.4) is 0 Å². The van der Waals surface area contributed by atoms with Gasteiger partial charge < -0.3 is 0 Å². The molecular formula is C21H16BrN3O3S2. The number of hydrogen-bond acceptors (Lipinski definition) is 5. The molecule has 3 aromatic carbocycles. The number of nitrogens with one attached hydrogen (secondary N) is 2. The lowest BCUT2D eigenvalue weighted by Crippen LogP contribution is -2.14. The predicted molar refractivity (Wildman–Crippen MR) is 124 cm³/mol. The number of rotatable bonds is 5. The fraction of sp³-hybridized carbons (Fsp3) is 0.0476. The van der Waals surface area contributed by atoms with Crippen LogP contribution in [0.15, 0.2) is 76.1 Å². The molecule has 0 aliphatic rings. The first-order valence-electron chi connectivity index (χ1n) is 8.87. The Morgan fingerprint density at radius 3 is 2.40 bits per heavy atom. The maximum atomic E-state index is 12.5. The topological polar surface area (TPSA) is 88.2 Å². The molecule has 152 valence electrons. The van der Waals surface area contributed by atoms with E-state index < -0.39 is 10.0 Å². The highest BCUT2D eigenvalue weighted by Crippen LogP contribution is 2.28. The van der Waals surface area contributed by atoms with E-state index in [-0.39, 0.29) is 10.8 Å². The van der Waals surface area contributed by atoms with Crippen molar-refractivity contribution >= 4 is 64.2 Å². The average molecular weight is 502 g/mol. The van der Waals surface area contributed by atoms with Crippen LogP contribution >= 0.6 is 27.3 Å². The number of anilines is 2. The molecule has 0 unspecified atom stereocenters. The standard InChI is InChI=1S/C21H16BrN3O3S2/c1-13-2-9-17(10-3-13)30(27,28)25-16-7-4-14(5-8-16)20(26)24-21-23-18-11-6-15(22)12-19(18)29-21/h2-12,25H,1H3,(H,23,24,26). The molecule has 0 saturated heterocycles. The van der Waals surface area contributed by atoms with Crippen LogP contribution in [0, 0.1) is 6.92 Å². The van der Waals surface area contributed by atoms with Gasteiger partial charge in [-0.2, -0.15) is 0 Å². The van der Waals surface area contributed by atoms with Gasteiger partial charge >= 0.3 is 0 Å². The third kappa shape index (κ3) is 4.53. The zero-order chi connectivity index (χ0) is 21.3. The molecule has 1 heterocycles. The van der Waals surface area contributed by atoms with E-state index >= 15 is 0 Å². The van der Waals surface area contributed by atoms with E-state index in [1.165, 1.54) is 11.3 Å². The van der Waals surface area contributed by atoms with Crippen molar-refractivity contribution in [3.8, 4) is 0 Å². The molecular weight excluding hydrogens is 486 g/mol. The molecule has 0 aliphatic carbocycles. The summed E-state index contributed by atoms with van der Waals surface area (Å²) in [4.78, 5) is 17.1. The minimum absolute atomic E-state index is 0.178. The summed E-state index contributed by atoms with van der Waals surface area (Å²) in [5.74, 6) is -0.318. The summed E-state index contributed by atoms with van der Waals surface area (Å²) in [5, 5.41) is 3.28. The Balaban J connectivity index is 1.47. The second kappa shape index (κ2) is 8.17. The third-order valence-electron chi connectivity index (χ3n) is 4.30. The van der Waals surface area contributed by atoms with Crippen molar-refractivity contribution in [2.24, 2.45) is 0 Å². The maximum Gasteiger partial charge on any atom is 0.261 e. The molecule has 1 aromatic heterocycles. The molecule has 2 N–H and O–H groups in total. The molecule has 0 atom stereocenters. The van der Waals surface area contributed by atoms with Gasteiger partial charge in [-0.25, -0.2) is 13.4 Å². The van der Waals surface area contributed by atoms with Crippen LogP contribution in [0.2, 0.25) is 0 Å². The number of sulfonamides is 1. The van der Waals surface area contributed by atoms with E-state index in [2.05, 4.69) is 31.0 Å². The fourth-order valence-electron chi connectivity index (χ4n) is 2.74. The van der Waals surface area contributed by atoms with Crippen molar-refractivity contribution in [3.63, 3.8) is 0 Å². The lowest BCUT2D eigenvalue weighted by Gasteiger charge is -2.09. The van der Waals surface area contributed by atoms with Gasteiger partial charge in [-0.15, -0.1) is 0 Å². The number of carbonyl (C=O) groups excluding carboxylic acids is 1. The van der Waals surface area contributed by atoms with Gasteiger partial charge in [-0.1, -0.05) is 45.0 Å². The monoisotopic (exact) mass is 501 g/mol. The Morgan fingerprint density at radius 2 is 1.70 bits per heavy atom. The summed E-state index contributed by atoms with van der Waals surface area (Å²) < 4.78 is 29.4. The Morgan fingerprint density at radius 1 is 1.00 bits per heavy atom. The van der Waals surface area contributed by atoms with Gasteiger partial charge in [-0.3, -0.25) is 14.8 Å². The van der Waals surface area contributed by atoms with E-state index in [4.69, 9.17) is 0 Å². The van der Waals surface area contributed by atoms with E-state index in [1.807, 2.05) is 25.1 Å². The summed E-state index contributed by atoms with van der Waals surface area (Å²) in [7, 11) is -3.69. The van der Waals surface area contributed by atoms with Gasteiger partial charge in [0.15, 0.2) is 5.13 Å². The molecule has 0 fully saturated rings. The summed E-state index contributed by atoms with van der Waals surface area (Å²) in [6.07, 6.45) is 0. The minimum Gasteiger partial charge on any atom is -0.298 e. The zero-order valence-electron chi connectivity index (χ0n) is 15.7. The van der Waals surface area contributed by atoms with E-state index in [9.17, 15) is 13.2 Å². The number of aryl methyl sites for hydroxylation is 1. The van der Waals surface area contributed by atoms with Gasteiger partial charge in [-0.05, 0) is 61.5 Å². The quantitative estimate of drug-likeness (QED) is 0.382. The minimum atomic E-state index is -3.69. The number of nitrogens with zero attached hydrogens (tertiary/aromatic N) is 1. The van der Waals surface area contributed by atoms with Crippen LogP contribution in [0.25, 0.3) is 10.2 Å². The number of amides is 1. The second-order valence-corrected chi connectivity index (χ2v) is 10.2. The van der Waals surface area contributed by atoms with Crippen molar-refractivity contribution in [2.45, 2.75) is 11.8 Å². The molecule has 1 amide bonds. The molecule has 6 nitrogen and oxygen atoms in total. The summed E-state index contributed by atoms with van der Waals surface area (Å²) in [6, 6.07) is 18.5. The third-order valence-corrected chi connectivity index (χ3v) is 7.13. The van der Waals surface area contributed by atoms with Crippen LogP contribution in [-0.2, 0) is 10.0 Å². The van der Waals surface area contributed by atoms with Gasteiger partial charge in [0.1, 0.15) is 0 Å². The second-order valence-electron chi connectivity index (χ2n) is 6.58. The highest BCUT2D eigenvalue weighted by molar-refractivity contribution is 9.10. The molecule has 0 saturated carbocycles. The first-order chi connectivity index (χ1) is 14.3. The predicted octanol–water partition coefficient (Wildman–Crippen LogP) is 5.42. The molecule has 9 heteroatoms. The molecule has 30 heavy (non-hydrogen) atoms. The molecule has 0 radical (unpaired) electrons. The summed E-state index contributed by atoms with van der Waals surface area (Å²) >= 11 is 4.80. The van der Waals surface area contributed by atoms with Gasteiger partial charge in [0, 0.05) is 15.7 Å². The van der Waals surface area contributed by atoms with Crippen LogP contribution in [0.4, 0.5) is 10.8 Å². The van der Waals surface area contributed by atoms with Crippen LogP contribution in [0.5, 0.6) is 0 Å². The Labute approximate surface area is 186 Å². The van der Waals surface area contributed by atoms with Crippen LogP contribution in [-0.4, -0.2) is 19.3 Å². The highest BCUT2D eigenvalue weighted by atomic mass is 79.9. The Kier molecular flexibility index (Phi) is 5.59. The van der Waals surface area contributed by atoms with Gasteiger partial charge in [0.05, 0.1) is 15.1 Å². The van der Waals surface area contributed by atoms with Gasteiger partial charge in [0.25, 0.3) is 15.9 Å². The summed E-state index contributed by atoms with van der Waals surface area (Å²) in [6.45, 7) is 1.89. The Hall–Kier alpha value is -2.75. The maximum absolute atomic E-state index is 12.5. The smallest absolute Gasteiger partial charge is 0.261 e. The average Bonchev–Trinajstić information content (AvgIpc) is 3.09. The highest BCUT2D eigenvalue weighted by Gasteiger charge is 2.15. The van der Waals surface area contributed by atoms with E-state index in [0.717, 1.165) is 20.3 Å². The number of carbonyl (C=O) groups is 1. The number of thiazole rings is 1. The molecule has 4 rings (SSSR count). The molecule has 0 aliphatic heterocycles. The van der Waals surface area contributed by atoms with Crippen molar-refractivity contribution in [1.82, 2.24) is 4.98 Å². The number of fused-ring (bicyclic) bond motifs is 1. The lowest BCUT2D eigenvalue weighted by atomic mass is 10.2. The largest absolute Gasteiger partial charge is 0.298 e. The number of hydrogen-bond donors (Lipinski definition) is 2. The van der Waals surface area contributed by atoms with Crippen LogP contribution < -0.4 is 10.0 Å². The van der Waals surface area contributed by atoms with E-state index in [1.54, 1.807) is 48.5 Å². The SMILES string of the molecule is Cc1ccc(S(=O)(=O)Nc2ccc(C(=O)Nc3nc4ccc(Br)cc4s3)cc2)cc1. The Bertz CT molecular complexity index is 1330. The summed E-state index contributed by atoms with van der Waals surface area (Å²) in [5.41, 5.74) is 2.55. The first-order valence-corrected chi connectivity index (χ1v) is 12.0. The van der Waals surface area contributed by atoms with Crippen molar-refractivity contribution in [1.29, 1.82) is 0 Å². The number of halogens is 1. The van der Waals surface area contributed by atoms with Crippen molar-refractivity contribution in [2.75, 3.05) is 10.0 Å². The number of aromatic nitrogens is 1. The molecule has 4 aromatic rings. The van der Waals surface area contributed by atoms with Crippen LogP contribution in [0.1, 0.15) is 15.9 Å². The fourth-order valence-corrected chi connectivity index (χ4v) is 5.21. The zero-order valence-corrected chi connectivity index (χ0v) is 18.9. The molecule has 0 spiro atoms. The normalized spacial score (nSPS) is 11.4. The van der Waals surface area contributed by atoms with Crippen molar-refractivity contribution in [3.05, 3.63) is 82.3 Å². The lowest BCUT2D eigenvalue weighted by molar-refractivity contribution is 0.102. The van der Waals surface area contributed by atoms with Crippen molar-refractivity contribution < 1.29 is 13.2 Å². The number of benzene rings is 3. The van der Waals surface area contributed by atoms with Gasteiger partial charge in [0.2, 0.25) is 0 Å². The van der Waals surface area contributed by atoms with E-state index in [0.29, 0.717) is 16.4 Å². The first kappa shape index (κ1) is 20.5.